The van der Waals surface area contributed by atoms with Crippen LogP contribution in [0.1, 0.15) is 40.0 Å². The first kappa shape index (κ1) is 12.7. The molecule has 1 aliphatic heterocycles. The lowest BCUT2D eigenvalue weighted by atomic mass is 9.80. The van der Waals surface area contributed by atoms with Crippen LogP contribution in [0.25, 0.3) is 0 Å². The Hall–Kier alpha value is -0.770. The molecule has 4 heteroatoms. The molecule has 0 aromatic carbocycles. The smallest absolute Gasteiger partial charge is 0.410 e. The van der Waals surface area contributed by atoms with E-state index >= 15 is 0 Å². The van der Waals surface area contributed by atoms with Crippen LogP contribution in [0, 0.1) is 11.8 Å². The highest BCUT2D eigenvalue weighted by Crippen LogP contribution is 2.39. The second-order valence-corrected chi connectivity index (χ2v) is 6.36. The quantitative estimate of drug-likeness (QED) is 0.762. The Morgan fingerprint density at radius 2 is 2.12 bits per heavy atom. The summed E-state index contributed by atoms with van der Waals surface area (Å²) in [5.74, 6) is 1.19. The normalized spacial score (nSPS) is 32.7. The van der Waals surface area contributed by atoms with Crippen molar-refractivity contribution in [1.82, 2.24) is 4.90 Å². The molecule has 0 aromatic heterocycles. The summed E-state index contributed by atoms with van der Waals surface area (Å²) in [7, 11) is 0. The van der Waals surface area contributed by atoms with Crippen molar-refractivity contribution in [2.45, 2.75) is 51.7 Å². The molecule has 1 saturated carbocycles. The maximum absolute atomic E-state index is 12.1. The van der Waals surface area contributed by atoms with Gasteiger partial charge in [-0.2, -0.15) is 0 Å². The molecular formula is C13H24N2O2. The Morgan fingerprint density at radius 1 is 1.41 bits per heavy atom. The first-order chi connectivity index (χ1) is 7.90. The monoisotopic (exact) mass is 240 g/mol. The average molecular weight is 240 g/mol. The Balaban J connectivity index is 1.98. The molecule has 1 aliphatic carbocycles. The van der Waals surface area contributed by atoms with E-state index in [1.54, 1.807) is 0 Å². The van der Waals surface area contributed by atoms with Gasteiger partial charge in [0.25, 0.3) is 0 Å². The van der Waals surface area contributed by atoms with Crippen LogP contribution in [0.15, 0.2) is 0 Å². The molecule has 2 aliphatic rings. The van der Waals surface area contributed by atoms with E-state index in [4.69, 9.17) is 10.5 Å². The minimum Gasteiger partial charge on any atom is -0.444 e. The van der Waals surface area contributed by atoms with Crippen molar-refractivity contribution < 1.29 is 9.53 Å². The molecule has 2 bridgehead atoms. The second kappa shape index (κ2) is 4.48. The predicted molar refractivity (Wildman–Crippen MR) is 66.6 cm³/mol. The number of carbonyl (C=O) groups is 1. The molecule has 17 heavy (non-hydrogen) atoms. The summed E-state index contributed by atoms with van der Waals surface area (Å²) >= 11 is 0. The summed E-state index contributed by atoms with van der Waals surface area (Å²) in [6.45, 7) is 7.32. The van der Waals surface area contributed by atoms with Gasteiger partial charge in [0.15, 0.2) is 0 Å². The van der Waals surface area contributed by atoms with Crippen molar-refractivity contribution in [2.75, 3.05) is 13.1 Å². The first-order valence-electron chi connectivity index (χ1n) is 6.60. The molecule has 2 fully saturated rings. The van der Waals surface area contributed by atoms with Gasteiger partial charge < -0.3 is 15.4 Å². The van der Waals surface area contributed by atoms with Crippen molar-refractivity contribution in [2.24, 2.45) is 17.6 Å². The van der Waals surface area contributed by atoms with Gasteiger partial charge in [-0.15, -0.1) is 0 Å². The van der Waals surface area contributed by atoms with Crippen molar-refractivity contribution >= 4 is 6.09 Å². The largest absolute Gasteiger partial charge is 0.444 e. The van der Waals surface area contributed by atoms with Gasteiger partial charge in [-0.3, -0.25) is 0 Å². The van der Waals surface area contributed by atoms with Gasteiger partial charge in [0.1, 0.15) is 5.60 Å². The molecule has 4 nitrogen and oxygen atoms in total. The molecule has 3 unspecified atom stereocenters. The summed E-state index contributed by atoms with van der Waals surface area (Å²) < 4.78 is 5.45. The van der Waals surface area contributed by atoms with Crippen molar-refractivity contribution in [3.8, 4) is 0 Å². The fraction of sp³-hybridized carbons (Fsp3) is 0.923. The summed E-state index contributed by atoms with van der Waals surface area (Å²) in [5, 5.41) is 0. The van der Waals surface area contributed by atoms with E-state index in [0.29, 0.717) is 17.9 Å². The van der Waals surface area contributed by atoms with Gasteiger partial charge in [-0.05, 0) is 58.4 Å². The third-order valence-corrected chi connectivity index (χ3v) is 3.91. The Bertz CT molecular complexity index is 298. The standard InChI is InChI=1S/C13H24N2O2/c1-13(2,3)17-12(16)15-8-10-6-11(15)5-4-9(10)7-14/h9-11H,4-8,14H2,1-3H3. The fourth-order valence-corrected chi connectivity index (χ4v) is 3.06. The number of likely N-dealkylation sites (tertiary alicyclic amines) is 1. The molecule has 0 aromatic rings. The lowest BCUT2D eigenvalue weighted by Crippen LogP contribution is -2.39. The number of rotatable bonds is 1. The van der Waals surface area contributed by atoms with Crippen LogP contribution in [0.5, 0.6) is 0 Å². The van der Waals surface area contributed by atoms with Gasteiger partial charge >= 0.3 is 6.09 Å². The van der Waals surface area contributed by atoms with E-state index in [9.17, 15) is 4.79 Å². The van der Waals surface area contributed by atoms with Crippen LogP contribution in [-0.4, -0.2) is 35.7 Å². The van der Waals surface area contributed by atoms with E-state index in [-0.39, 0.29) is 6.09 Å². The van der Waals surface area contributed by atoms with E-state index in [2.05, 4.69) is 0 Å². The van der Waals surface area contributed by atoms with Crippen LogP contribution in [0.3, 0.4) is 0 Å². The Morgan fingerprint density at radius 3 is 2.71 bits per heavy atom. The molecular weight excluding hydrogens is 216 g/mol. The summed E-state index contributed by atoms with van der Waals surface area (Å²) in [6.07, 6.45) is 3.20. The first-order valence-corrected chi connectivity index (χ1v) is 6.60. The Kier molecular flexibility index (Phi) is 3.34. The number of amides is 1. The Labute approximate surface area is 103 Å². The number of hydrogen-bond acceptors (Lipinski definition) is 3. The van der Waals surface area contributed by atoms with Gasteiger partial charge in [-0.1, -0.05) is 0 Å². The fourth-order valence-electron chi connectivity index (χ4n) is 3.06. The zero-order valence-corrected chi connectivity index (χ0v) is 11.1. The highest BCUT2D eigenvalue weighted by atomic mass is 16.6. The van der Waals surface area contributed by atoms with E-state index < -0.39 is 5.60 Å². The van der Waals surface area contributed by atoms with Gasteiger partial charge in [0, 0.05) is 12.6 Å². The number of fused-ring (bicyclic) bond motifs is 2. The van der Waals surface area contributed by atoms with E-state index in [1.807, 2.05) is 25.7 Å². The number of nitrogens with zero attached hydrogens (tertiary/aromatic N) is 1. The molecule has 0 radical (unpaired) electrons. The zero-order chi connectivity index (χ0) is 12.6. The SMILES string of the molecule is CC(C)(C)OC(=O)N1CC2CC1CCC2CN. The van der Waals surface area contributed by atoms with Gasteiger partial charge in [0.2, 0.25) is 0 Å². The molecule has 0 spiro atoms. The molecule has 2 rings (SSSR count). The summed E-state index contributed by atoms with van der Waals surface area (Å²) in [5.41, 5.74) is 5.37. The average Bonchev–Trinajstić information content (AvgIpc) is 2.55. The van der Waals surface area contributed by atoms with Crippen molar-refractivity contribution in [3.05, 3.63) is 0 Å². The summed E-state index contributed by atoms with van der Waals surface area (Å²) in [6, 6.07) is 0.387. The highest BCUT2D eigenvalue weighted by molar-refractivity contribution is 5.69. The number of carbonyl (C=O) groups excluding carboxylic acids is 1. The van der Waals surface area contributed by atoms with Crippen LogP contribution < -0.4 is 5.73 Å². The number of nitrogens with two attached hydrogens (primary N) is 1. The maximum atomic E-state index is 12.1. The van der Waals surface area contributed by atoms with Crippen LogP contribution in [0.2, 0.25) is 0 Å². The molecule has 2 N–H and O–H groups in total. The minimum absolute atomic E-state index is 0.150. The lowest BCUT2D eigenvalue weighted by molar-refractivity contribution is 0.0223. The third kappa shape index (κ3) is 2.73. The number of hydrogen-bond donors (Lipinski definition) is 1. The van der Waals surface area contributed by atoms with Gasteiger partial charge in [0.05, 0.1) is 0 Å². The lowest BCUT2D eigenvalue weighted by Gasteiger charge is -2.29. The molecule has 1 saturated heterocycles. The zero-order valence-electron chi connectivity index (χ0n) is 11.1. The predicted octanol–water partition coefficient (Wildman–Crippen LogP) is 1.98. The van der Waals surface area contributed by atoms with Gasteiger partial charge in [-0.25, -0.2) is 4.79 Å². The van der Waals surface area contributed by atoms with Crippen LogP contribution >= 0.6 is 0 Å². The van der Waals surface area contributed by atoms with Crippen molar-refractivity contribution in [3.63, 3.8) is 0 Å². The van der Waals surface area contributed by atoms with E-state index in [1.165, 1.54) is 0 Å². The molecule has 1 amide bonds. The van der Waals surface area contributed by atoms with Crippen molar-refractivity contribution in [1.29, 1.82) is 0 Å². The maximum Gasteiger partial charge on any atom is 0.410 e. The van der Waals surface area contributed by atoms with Crippen LogP contribution in [0.4, 0.5) is 4.79 Å². The topological polar surface area (TPSA) is 55.6 Å². The minimum atomic E-state index is -0.402. The number of ether oxygens (including phenoxy) is 1. The highest BCUT2D eigenvalue weighted by Gasteiger charge is 2.43. The molecule has 1 heterocycles. The third-order valence-electron chi connectivity index (χ3n) is 3.91. The second-order valence-electron chi connectivity index (χ2n) is 6.36. The molecule has 98 valence electrons. The summed E-state index contributed by atoms with van der Waals surface area (Å²) in [4.78, 5) is 14.0. The molecule has 3 atom stereocenters. The van der Waals surface area contributed by atoms with Crippen LogP contribution in [-0.2, 0) is 4.74 Å². The van der Waals surface area contributed by atoms with E-state index in [0.717, 1.165) is 32.4 Å².